The van der Waals surface area contributed by atoms with Crippen molar-refractivity contribution in [2.45, 2.75) is 25.2 Å². The molecule has 1 atom stereocenters. The van der Waals surface area contributed by atoms with E-state index in [2.05, 4.69) is 18.4 Å². The van der Waals surface area contributed by atoms with Crippen molar-refractivity contribution in [3.8, 4) is 0 Å². The second kappa shape index (κ2) is 5.68. The molecule has 6 heteroatoms. The number of hydrogen-bond acceptors (Lipinski definition) is 2. The van der Waals surface area contributed by atoms with Gasteiger partial charge in [0.15, 0.2) is 0 Å². The Morgan fingerprint density at radius 2 is 1.89 bits per heavy atom. The monoisotopic (exact) mass is 266 g/mol. The number of nitrogens with two attached hydrogens (primary N) is 1. The molecule has 0 radical (unpaired) electrons. The molecular formula is C12H18N2O3Si. The highest BCUT2D eigenvalue weighted by molar-refractivity contribution is 6.90. The first-order valence-electron chi connectivity index (χ1n) is 5.67. The fraction of sp³-hybridized carbons (Fsp3) is 0.333. The number of urea groups is 1. The maximum atomic E-state index is 11.1. The van der Waals surface area contributed by atoms with Gasteiger partial charge >= 0.3 is 12.0 Å². The molecule has 1 aromatic rings. The first-order chi connectivity index (χ1) is 8.33. The second-order valence-electron chi connectivity index (χ2n) is 4.85. The third-order valence-corrected chi connectivity index (χ3v) is 6.21. The summed E-state index contributed by atoms with van der Waals surface area (Å²) in [5.41, 5.74) is 4.99. The lowest BCUT2D eigenvalue weighted by Crippen LogP contribution is -2.52. The molecule has 4 N–H and O–H groups in total. The van der Waals surface area contributed by atoms with E-state index in [1.807, 2.05) is 30.3 Å². The van der Waals surface area contributed by atoms with E-state index >= 15 is 0 Å². The lowest BCUT2D eigenvalue weighted by atomic mass is 10.3. The summed E-state index contributed by atoms with van der Waals surface area (Å²) >= 11 is 0. The number of nitrogens with one attached hydrogen (secondary N) is 1. The average Bonchev–Trinajstić information content (AvgIpc) is 2.28. The first-order valence-corrected chi connectivity index (χ1v) is 8.88. The van der Waals surface area contributed by atoms with E-state index in [0.29, 0.717) is 6.04 Å². The molecule has 1 rings (SSSR count). The van der Waals surface area contributed by atoms with Crippen LogP contribution in [0, 0.1) is 0 Å². The maximum Gasteiger partial charge on any atom is 0.325 e. The summed E-state index contributed by atoms with van der Waals surface area (Å²) in [4.78, 5) is 21.9. The predicted molar refractivity (Wildman–Crippen MR) is 72.5 cm³/mol. The Morgan fingerprint density at radius 1 is 1.33 bits per heavy atom. The average molecular weight is 266 g/mol. The smallest absolute Gasteiger partial charge is 0.325 e. The van der Waals surface area contributed by atoms with E-state index in [9.17, 15) is 9.59 Å². The zero-order valence-electron chi connectivity index (χ0n) is 10.5. The molecule has 0 aromatic heterocycles. The molecule has 0 fully saturated rings. The van der Waals surface area contributed by atoms with E-state index in [-0.39, 0.29) is 0 Å². The van der Waals surface area contributed by atoms with Gasteiger partial charge in [-0.25, -0.2) is 4.79 Å². The summed E-state index contributed by atoms with van der Waals surface area (Å²) in [7, 11) is -1.92. The van der Waals surface area contributed by atoms with Gasteiger partial charge in [-0.05, 0) is 6.04 Å². The SMILES string of the molecule is C[Si](C)(C[C@H](NC(N)=O)C(=O)O)c1ccccc1. The lowest BCUT2D eigenvalue weighted by Gasteiger charge is -2.26. The quantitative estimate of drug-likeness (QED) is 0.686. The van der Waals surface area contributed by atoms with Gasteiger partial charge in [-0.3, -0.25) is 4.79 Å². The molecule has 0 spiro atoms. The number of carboxylic acids is 1. The summed E-state index contributed by atoms with van der Waals surface area (Å²) < 4.78 is 0. The fourth-order valence-electron chi connectivity index (χ4n) is 1.89. The van der Waals surface area contributed by atoms with Gasteiger partial charge in [0.25, 0.3) is 0 Å². The Balaban J connectivity index is 2.85. The predicted octanol–water partition coefficient (Wildman–Crippen LogP) is 0.724. The molecule has 0 saturated carbocycles. The molecule has 0 saturated heterocycles. The number of hydrogen-bond donors (Lipinski definition) is 3. The number of primary amides is 1. The zero-order valence-corrected chi connectivity index (χ0v) is 11.5. The molecule has 0 unspecified atom stereocenters. The van der Waals surface area contributed by atoms with Crippen molar-refractivity contribution < 1.29 is 14.7 Å². The zero-order chi connectivity index (χ0) is 13.8. The van der Waals surface area contributed by atoms with Gasteiger partial charge in [0.05, 0.1) is 8.07 Å². The number of carbonyl (C=O) groups is 2. The van der Waals surface area contributed by atoms with Crippen LogP contribution in [0.5, 0.6) is 0 Å². The third kappa shape index (κ3) is 3.88. The van der Waals surface area contributed by atoms with Crippen molar-refractivity contribution in [2.75, 3.05) is 0 Å². The van der Waals surface area contributed by atoms with E-state index in [0.717, 1.165) is 5.19 Å². The van der Waals surface area contributed by atoms with Crippen molar-refractivity contribution >= 4 is 25.3 Å². The Bertz CT molecular complexity index is 434. The van der Waals surface area contributed by atoms with Crippen molar-refractivity contribution in [3.63, 3.8) is 0 Å². The van der Waals surface area contributed by atoms with Gasteiger partial charge in [0.2, 0.25) is 0 Å². The summed E-state index contributed by atoms with van der Waals surface area (Å²) in [6.07, 6.45) is 0. The molecule has 0 bridgehead atoms. The highest BCUT2D eigenvalue weighted by atomic mass is 28.3. The van der Waals surface area contributed by atoms with Gasteiger partial charge in [0, 0.05) is 0 Å². The molecule has 1 aromatic carbocycles. The van der Waals surface area contributed by atoms with Crippen LogP contribution in [0.4, 0.5) is 4.79 Å². The summed E-state index contributed by atoms with van der Waals surface area (Å²) in [5, 5.41) is 12.5. The first kappa shape index (κ1) is 14.2. The highest BCUT2D eigenvalue weighted by Crippen LogP contribution is 2.13. The van der Waals surface area contributed by atoms with E-state index in [1.54, 1.807) is 0 Å². The number of benzene rings is 1. The van der Waals surface area contributed by atoms with Crippen LogP contribution >= 0.6 is 0 Å². The molecule has 0 aliphatic heterocycles. The van der Waals surface area contributed by atoms with Crippen LogP contribution in [0.1, 0.15) is 0 Å². The van der Waals surface area contributed by atoms with Gasteiger partial charge in [-0.1, -0.05) is 48.6 Å². The van der Waals surface area contributed by atoms with Crippen LogP contribution in [0.15, 0.2) is 30.3 Å². The Labute approximate surface area is 107 Å². The number of amides is 2. The van der Waals surface area contributed by atoms with Crippen molar-refractivity contribution in [3.05, 3.63) is 30.3 Å². The number of rotatable bonds is 5. The molecule has 0 heterocycles. The van der Waals surface area contributed by atoms with Crippen molar-refractivity contribution in [2.24, 2.45) is 5.73 Å². The molecule has 18 heavy (non-hydrogen) atoms. The number of carboxylic acid groups (broad SMARTS) is 1. The molecular weight excluding hydrogens is 248 g/mol. The standard InChI is InChI=1S/C12H18N2O3Si/c1-18(2,9-6-4-3-5-7-9)8-10(11(15)16)14-12(13)17/h3-7,10H,8H2,1-2H3,(H,15,16)(H3,13,14,17)/t10-/m0/s1. The fourth-order valence-corrected chi connectivity index (χ4v) is 4.52. The second-order valence-corrected chi connectivity index (χ2v) is 9.61. The van der Waals surface area contributed by atoms with Gasteiger partial charge < -0.3 is 16.2 Å². The normalized spacial score (nSPS) is 12.8. The van der Waals surface area contributed by atoms with Gasteiger partial charge in [0.1, 0.15) is 6.04 Å². The molecule has 0 aliphatic carbocycles. The van der Waals surface area contributed by atoms with Gasteiger partial charge in [-0.15, -0.1) is 0 Å². The maximum absolute atomic E-state index is 11.1. The minimum absolute atomic E-state index is 0.412. The van der Waals surface area contributed by atoms with Crippen LogP contribution in [-0.2, 0) is 4.79 Å². The van der Waals surface area contributed by atoms with Gasteiger partial charge in [-0.2, -0.15) is 0 Å². The summed E-state index contributed by atoms with van der Waals surface area (Å²) in [6, 6.07) is 8.46. The Hall–Kier alpha value is -1.82. The summed E-state index contributed by atoms with van der Waals surface area (Å²) in [6.45, 7) is 4.14. The van der Waals surface area contributed by atoms with Crippen LogP contribution in [0.3, 0.4) is 0 Å². The Kier molecular flexibility index (Phi) is 4.49. The van der Waals surface area contributed by atoms with E-state index < -0.39 is 26.1 Å². The van der Waals surface area contributed by atoms with Crippen LogP contribution in [0.2, 0.25) is 19.1 Å². The molecule has 0 aliphatic rings. The minimum atomic E-state index is -1.92. The number of carbonyl (C=O) groups excluding carboxylic acids is 1. The van der Waals surface area contributed by atoms with E-state index in [1.165, 1.54) is 0 Å². The molecule has 5 nitrogen and oxygen atoms in total. The lowest BCUT2D eigenvalue weighted by molar-refractivity contribution is -0.138. The summed E-state index contributed by atoms with van der Waals surface area (Å²) in [5.74, 6) is -1.05. The minimum Gasteiger partial charge on any atom is -0.480 e. The van der Waals surface area contributed by atoms with Crippen LogP contribution in [-0.4, -0.2) is 31.2 Å². The van der Waals surface area contributed by atoms with Crippen molar-refractivity contribution in [1.29, 1.82) is 0 Å². The molecule has 98 valence electrons. The topological polar surface area (TPSA) is 92.4 Å². The highest BCUT2D eigenvalue weighted by Gasteiger charge is 2.31. The van der Waals surface area contributed by atoms with Crippen molar-refractivity contribution in [1.82, 2.24) is 5.32 Å². The molecule has 2 amide bonds. The Morgan fingerprint density at radius 3 is 2.33 bits per heavy atom. The largest absolute Gasteiger partial charge is 0.480 e. The van der Waals surface area contributed by atoms with Crippen LogP contribution in [0.25, 0.3) is 0 Å². The third-order valence-electron chi connectivity index (χ3n) is 2.88. The van der Waals surface area contributed by atoms with E-state index in [4.69, 9.17) is 10.8 Å². The number of aliphatic carboxylic acids is 1. The van der Waals surface area contributed by atoms with Crippen LogP contribution < -0.4 is 16.2 Å².